The number of nitrogens with zero attached hydrogens (tertiary/aromatic N) is 2. The second kappa shape index (κ2) is 6.44. The molecular formula is C18H19N2O3P. The van der Waals surface area contributed by atoms with Crippen LogP contribution in [0.1, 0.15) is 16.7 Å². The van der Waals surface area contributed by atoms with Gasteiger partial charge in [-0.15, -0.1) is 0 Å². The third-order valence-electron chi connectivity index (χ3n) is 4.17. The zero-order valence-electron chi connectivity index (χ0n) is 13.6. The third kappa shape index (κ3) is 3.70. The molecule has 1 heterocycles. The van der Waals surface area contributed by atoms with Crippen LogP contribution in [0.4, 0.5) is 0 Å². The Kier molecular flexibility index (Phi) is 4.50. The minimum Gasteiger partial charge on any atom is -0.324 e. The first-order chi connectivity index (χ1) is 11.3. The van der Waals surface area contributed by atoms with Crippen LogP contribution in [0.2, 0.25) is 0 Å². The smallest absolute Gasteiger partial charge is 0.324 e. The van der Waals surface area contributed by atoms with Gasteiger partial charge in [-0.3, -0.25) is 4.57 Å². The first kappa shape index (κ1) is 16.8. The molecule has 0 amide bonds. The molecule has 124 valence electrons. The molecule has 5 nitrogen and oxygen atoms in total. The minimum atomic E-state index is -3.96. The van der Waals surface area contributed by atoms with Crippen LogP contribution in [-0.4, -0.2) is 25.9 Å². The zero-order chi connectivity index (χ0) is 17.3. The standard InChI is InChI=1S/C18H19N2O3P/c1-12-9-16-17(10-13(12)2)19-11-20-18(16)15-5-3-14(4-6-15)7-8-24(21,22)23/h3-6,9-11H,7-8H2,1-2H3,(H2,21,22,23). The van der Waals surface area contributed by atoms with Crippen molar-refractivity contribution >= 4 is 18.5 Å². The zero-order valence-corrected chi connectivity index (χ0v) is 14.5. The third-order valence-corrected chi connectivity index (χ3v) is 4.98. The van der Waals surface area contributed by atoms with Crippen molar-refractivity contribution in [1.82, 2.24) is 9.97 Å². The van der Waals surface area contributed by atoms with E-state index in [1.807, 2.05) is 24.3 Å². The SMILES string of the molecule is Cc1cc2ncnc(-c3ccc(CCP(=O)(O)O)cc3)c2cc1C. The van der Waals surface area contributed by atoms with Crippen LogP contribution in [0.15, 0.2) is 42.7 Å². The van der Waals surface area contributed by atoms with Gasteiger partial charge in [0.1, 0.15) is 6.33 Å². The van der Waals surface area contributed by atoms with E-state index >= 15 is 0 Å². The molecule has 2 N–H and O–H groups in total. The lowest BCUT2D eigenvalue weighted by Crippen LogP contribution is -1.95. The normalized spacial score (nSPS) is 11.8. The Hall–Kier alpha value is -2.07. The van der Waals surface area contributed by atoms with Crippen LogP contribution >= 0.6 is 7.60 Å². The summed E-state index contributed by atoms with van der Waals surface area (Å²) in [5, 5.41) is 1.00. The highest BCUT2D eigenvalue weighted by atomic mass is 31.2. The highest BCUT2D eigenvalue weighted by Gasteiger charge is 2.13. The van der Waals surface area contributed by atoms with Gasteiger partial charge in [-0.2, -0.15) is 0 Å². The monoisotopic (exact) mass is 342 g/mol. The summed E-state index contributed by atoms with van der Waals surface area (Å²) in [7, 11) is -3.96. The Morgan fingerprint density at radius 3 is 2.33 bits per heavy atom. The number of fused-ring (bicyclic) bond motifs is 1. The molecule has 24 heavy (non-hydrogen) atoms. The lowest BCUT2D eigenvalue weighted by Gasteiger charge is -2.09. The van der Waals surface area contributed by atoms with Gasteiger partial charge in [0, 0.05) is 10.9 Å². The quantitative estimate of drug-likeness (QED) is 0.707. The number of aromatic nitrogens is 2. The lowest BCUT2D eigenvalue weighted by atomic mass is 10.0. The fraction of sp³-hybridized carbons (Fsp3) is 0.222. The van der Waals surface area contributed by atoms with E-state index in [2.05, 4.69) is 35.9 Å². The van der Waals surface area contributed by atoms with Crippen LogP contribution in [0.3, 0.4) is 0 Å². The van der Waals surface area contributed by atoms with E-state index in [-0.39, 0.29) is 6.16 Å². The van der Waals surface area contributed by atoms with E-state index in [1.165, 1.54) is 11.1 Å². The lowest BCUT2D eigenvalue weighted by molar-refractivity contribution is 0.373. The molecule has 3 rings (SSSR count). The summed E-state index contributed by atoms with van der Waals surface area (Å²) >= 11 is 0. The highest BCUT2D eigenvalue weighted by Crippen LogP contribution is 2.35. The van der Waals surface area contributed by atoms with Gasteiger partial charge in [-0.05, 0) is 49.1 Å². The van der Waals surface area contributed by atoms with Crippen molar-refractivity contribution in [1.29, 1.82) is 0 Å². The number of hydrogen-bond donors (Lipinski definition) is 2. The van der Waals surface area contributed by atoms with E-state index in [9.17, 15) is 4.57 Å². The summed E-state index contributed by atoms with van der Waals surface area (Å²) in [6.45, 7) is 4.13. The number of aryl methyl sites for hydroxylation is 3. The molecule has 0 unspecified atom stereocenters. The molecule has 0 aliphatic carbocycles. The molecule has 2 aromatic carbocycles. The molecule has 0 saturated heterocycles. The Morgan fingerprint density at radius 1 is 1.00 bits per heavy atom. The van der Waals surface area contributed by atoms with Crippen molar-refractivity contribution in [3.63, 3.8) is 0 Å². The maximum Gasteiger partial charge on any atom is 0.325 e. The second-order valence-electron chi connectivity index (χ2n) is 6.01. The van der Waals surface area contributed by atoms with E-state index in [1.54, 1.807) is 6.33 Å². The van der Waals surface area contributed by atoms with Gasteiger partial charge >= 0.3 is 7.60 Å². The topological polar surface area (TPSA) is 83.3 Å². The van der Waals surface area contributed by atoms with Gasteiger partial charge in [0.15, 0.2) is 0 Å². The first-order valence-electron chi connectivity index (χ1n) is 7.69. The molecule has 0 aliphatic heterocycles. The van der Waals surface area contributed by atoms with Crippen molar-refractivity contribution in [3.8, 4) is 11.3 Å². The first-order valence-corrected chi connectivity index (χ1v) is 9.49. The van der Waals surface area contributed by atoms with Crippen LogP contribution in [0.5, 0.6) is 0 Å². The van der Waals surface area contributed by atoms with Gasteiger partial charge in [0.05, 0.1) is 17.4 Å². The summed E-state index contributed by atoms with van der Waals surface area (Å²) in [6, 6.07) is 11.8. The Morgan fingerprint density at radius 2 is 1.67 bits per heavy atom. The molecule has 0 spiro atoms. The summed E-state index contributed by atoms with van der Waals surface area (Å²) in [5.41, 5.74) is 6.02. The van der Waals surface area contributed by atoms with Crippen LogP contribution in [-0.2, 0) is 11.0 Å². The maximum absolute atomic E-state index is 11.0. The molecular weight excluding hydrogens is 323 g/mol. The molecule has 3 aromatic rings. The van der Waals surface area contributed by atoms with Gasteiger partial charge in [-0.1, -0.05) is 24.3 Å². The van der Waals surface area contributed by atoms with Crippen LogP contribution in [0, 0.1) is 13.8 Å². The Bertz CT molecular complexity index is 933. The van der Waals surface area contributed by atoms with Crippen LogP contribution in [0.25, 0.3) is 22.2 Å². The summed E-state index contributed by atoms with van der Waals surface area (Å²) in [5.74, 6) is 0. The summed E-state index contributed by atoms with van der Waals surface area (Å²) in [4.78, 5) is 26.7. The minimum absolute atomic E-state index is 0.138. The van der Waals surface area contributed by atoms with E-state index in [4.69, 9.17) is 9.79 Å². The fourth-order valence-electron chi connectivity index (χ4n) is 2.65. The fourth-order valence-corrected chi connectivity index (χ4v) is 3.20. The average molecular weight is 342 g/mol. The van der Waals surface area contributed by atoms with Crippen molar-refractivity contribution in [2.45, 2.75) is 20.3 Å². The second-order valence-corrected chi connectivity index (χ2v) is 7.79. The molecule has 0 aliphatic rings. The van der Waals surface area contributed by atoms with E-state index in [0.717, 1.165) is 27.7 Å². The molecule has 0 bridgehead atoms. The predicted molar refractivity (Wildman–Crippen MR) is 95.1 cm³/mol. The Balaban J connectivity index is 1.96. The maximum atomic E-state index is 11.0. The number of hydrogen-bond acceptors (Lipinski definition) is 3. The van der Waals surface area contributed by atoms with Crippen molar-refractivity contribution < 1.29 is 14.4 Å². The Labute approximate surface area is 140 Å². The average Bonchev–Trinajstić information content (AvgIpc) is 2.53. The molecule has 6 heteroatoms. The summed E-state index contributed by atoms with van der Waals surface area (Å²) < 4.78 is 11.0. The van der Waals surface area contributed by atoms with E-state index < -0.39 is 7.60 Å². The largest absolute Gasteiger partial charge is 0.325 e. The van der Waals surface area contributed by atoms with Crippen molar-refractivity contribution in [2.75, 3.05) is 6.16 Å². The molecule has 0 radical (unpaired) electrons. The predicted octanol–water partition coefficient (Wildman–Crippen LogP) is 3.63. The van der Waals surface area contributed by atoms with Gasteiger partial charge in [0.2, 0.25) is 0 Å². The van der Waals surface area contributed by atoms with E-state index in [0.29, 0.717) is 6.42 Å². The van der Waals surface area contributed by atoms with Gasteiger partial charge in [0.25, 0.3) is 0 Å². The highest BCUT2D eigenvalue weighted by molar-refractivity contribution is 7.51. The molecule has 1 aromatic heterocycles. The summed E-state index contributed by atoms with van der Waals surface area (Å²) in [6.07, 6.45) is 1.78. The molecule has 0 atom stereocenters. The number of rotatable bonds is 4. The molecule has 0 fully saturated rings. The van der Waals surface area contributed by atoms with Gasteiger partial charge < -0.3 is 9.79 Å². The van der Waals surface area contributed by atoms with Crippen molar-refractivity contribution in [3.05, 3.63) is 59.4 Å². The van der Waals surface area contributed by atoms with Crippen LogP contribution < -0.4 is 0 Å². The molecule has 0 saturated carbocycles. The van der Waals surface area contributed by atoms with Gasteiger partial charge in [-0.25, -0.2) is 9.97 Å². The number of benzene rings is 2. The van der Waals surface area contributed by atoms with Crippen molar-refractivity contribution in [2.24, 2.45) is 0 Å².